The molecule has 0 aliphatic rings. The Balaban J connectivity index is 1.77. The molecule has 0 aliphatic heterocycles. The summed E-state index contributed by atoms with van der Waals surface area (Å²) in [6, 6.07) is 4.02. The molecule has 1 amide bonds. The number of rotatable bonds is 12. The van der Waals surface area contributed by atoms with E-state index in [0.29, 0.717) is 17.5 Å². The van der Waals surface area contributed by atoms with Gasteiger partial charge in [0.1, 0.15) is 11.6 Å². The van der Waals surface area contributed by atoms with E-state index in [1.165, 1.54) is 37.1 Å². The van der Waals surface area contributed by atoms with Crippen LogP contribution in [0.4, 0.5) is 0 Å². The number of carbonyl (C=O) groups excluding carboxylic acids is 1. The first-order valence-electron chi connectivity index (χ1n) is 8.51. The van der Waals surface area contributed by atoms with E-state index in [4.69, 9.17) is 21.1 Å². The summed E-state index contributed by atoms with van der Waals surface area (Å²) < 4.78 is 36.9. The summed E-state index contributed by atoms with van der Waals surface area (Å²) in [7, 11) is -2.23. The number of thioether (sulfide) groups is 1. The average molecular weight is 464 g/mol. The summed E-state index contributed by atoms with van der Waals surface area (Å²) in [5.74, 6) is 1.22. The molecule has 3 N–H and O–H groups in total. The average Bonchev–Trinajstić information content (AvgIpc) is 3.09. The molecule has 0 spiro atoms. The Bertz CT molecular complexity index is 922. The van der Waals surface area contributed by atoms with Gasteiger partial charge in [-0.15, -0.1) is 5.10 Å². The zero-order valence-electron chi connectivity index (χ0n) is 15.9. The maximum atomic E-state index is 12.1. The van der Waals surface area contributed by atoms with Crippen molar-refractivity contribution in [3.63, 3.8) is 0 Å². The Labute approximate surface area is 178 Å². The predicted octanol–water partition coefficient (Wildman–Crippen LogP) is 0.979. The third-order valence-corrected chi connectivity index (χ3v) is 6.01. The van der Waals surface area contributed by atoms with Gasteiger partial charge in [-0.05, 0) is 25.1 Å². The number of aryl methyl sites for hydroxylation is 1. The fourth-order valence-electron chi connectivity index (χ4n) is 2.04. The van der Waals surface area contributed by atoms with Crippen LogP contribution in [0.5, 0.6) is 5.75 Å². The van der Waals surface area contributed by atoms with Crippen molar-refractivity contribution in [1.29, 1.82) is 0 Å². The predicted molar refractivity (Wildman–Crippen MR) is 109 cm³/mol. The highest BCUT2D eigenvalue weighted by Crippen LogP contribution is 2.27. The lowest BCUT2D eigenvalue weighted by atomic mass is 10.3. The third-order valence-electron chi connectivity index (χ3n) is 3.40. The van der Waals surface area contributed by atoms with Crippen molar-refractivity contribution in [2.45, 2.75) is 17.0 Å². The molecule has 13 heteroatoms. The molecule has 1 heterocycles. The van der Waals surface area contributed by atoms with Gasteiger partial charge in [0.15, 0.2) is 6.61 Å². The molecule has 0 saturated carbocycles. The van der Waals surface area contributed by atoms with Gasteiger partial charge in [0.2, 0.25) is 15.2 Å². The number of sulfonamides is 1. The molecular weight excluding hydrogens is 442 g/mol. The zero-order chi connectivity index (χ0) is 21.3. The van der Waals surface area contributed by atoms with E-state index in [-0.39, 0.29) is 41.3 Å². The minimum Gasteiger partial charge on any atom is -0.482 e. The number of carbonyl (C=O) groups is 1. The van der Waals surface area contributed by atoms with E-state index in [9.17, 15) is 13.2 Å². The van der Waals surface area contributed by atoms with Crippen LogP contribution in [0.2, 0.25) is 5.02 Å². The van der Waals surface area contributed by atoms with Crippen molar-refractivity contribution in [1.82, 2.24) is 25.2 Å². The first-order valence-corrected chi connectivity index (χ1v) is 11.4. The van der Waals surface area contributed by atoms with Crippen LogP contribution in [0.1, 0.15) is 5.82 Å². The Hall–Kier alpha value is -1.86. The van der Waals surface area contributed by atoms with E-state index in [1.54, 1.807) is 6.92 Å². The molecule has 0 saturated heterocycles. The van der Waals surface area contributed by atoms with Crippen LogP contribution in [0, 0.1) is 6.92 Å². The molecule has 10 nitrogen and oxygen atoms in total. The van der Waals surface area contributed by atoms with E-state index >= 15 is 0 Å². The molecule has 0 aliphatic carbocycles. The van der Waals surface area contributed by atoms with Crippen LogP contribution in [0.25, 0.3) is 0 Å². The minimum absolute atomic E-state index is 0.00496. The molecular formula is C16H22ClN5O5S2. The maximum absolute atomic E-state index is 12.1. The molecule has 0 radical (unpaired) electrons. The van der Waals surface area contributed by atoms with Gasteiger partial charge >= 0.3 is 0 Å². The molecule has 0 atom stereocenters. The van der Waals surface area contributed by atoms with E-state index in [0.717, 1.165) is 5.82 Å². The number of nitrogens with zero attached hydrogens (tertiary/aromatic N) is 2. The third kappa shape index (κ3) is 7.82. The molecule has 29 heavy (non-hydrogen) atoms. The molecule has 1 aromatic heterocycles. The van der Waals surface area contributed by atoms with E-state index in [1.807, 2.05) is 0 Å². The smallest absolute Gasteiger partial charge is 0.257 e. The quantitative estimate of drug-likeness (QED) is 0.313. The van der Waals surface area contributed by atoms with Crippen LogP contribution in [0.3, 0.4) is 0 Å². The Morgan fingerprint density at radius 2 is 2.14 bits per heavy atom. The highest BCUT2D eigenvalue weighted by molar-refractivity contribution is 7.99. The monoisotopic (exact) mass is 463 g/mol. The van der Waals surface area contributed by atoms with Crippen LogP contribution < -0.4 is 14.8 Å². The number of halogens is 1. The Morgan fingerprint density at radius 3 is 2.79 bits per heavy atom. The molecule has 1 aromatic carbocycles. The second-order valence-electron chi connectivity index (χ2n) is 5.67. The zero-order valence-corrected chi connectivity index (χ0v) is 18.3. The minimum atomic E-state index is -3.70. The SMILES string of the molecule is COCCNS(=O)(=O)c1ccc(OCC(=O)NCCSc2n[nH]c(C)n2)c(Cl)c1. The molecule has 0 unspecified atom stereocenters. The first-order chi connectivity index (χ1) is 13.8. The van der Waals surface area contributed by atoms with Crippen LogP contribution in [-0.2, 0) is 19.6 Å². The Kier molecular flexibility index (Phi) is 9.17. The van der Waals surface area contributed by atoms with Crippen LogP contribution in [-0.4, -0.2) is 68.7 Å². The van der Waals surface area contributed by atoms with Crippen molar-refractivity contribution >= 4 is 39.3 Å². The number of H-pyrrole nitrogens is 1. The lowest BCUT2D eigenvalue weighted by Crippen LogP contribution is -2.30. The number of nitrogens with one attached hydrogen (secondary N) is 3. The number of benzene rings is 1. The van der Waals surface area contributed by atoms with E-state index < -0.39 is 10.0 Å². The molecule has 2 rings (SSSR count). The van der Waals surface area contributed by atoms with Crippen molar-refractivity contribution in [2.75, 3.05) is 39.2 Å². The van der Waals surface area contributed by atoms with Crippen LogP contribution in [0.15, 0.2) is 28.3 Å². The van der Waals surface area contributed by atoms with Gasteiger partial charge in [0, 0.05) is 26.0 Å². The van der Waals surface area contributed by atoms with Gasteiger partial charge < -0.3 is 14.8 Å². The molecule has 0 bridgehead atoms. The van der Waals surface area contributed by atoms with Crippen molar-refractivity contribution in [2.24, 2.45) is 0 Å². The number of hydrogen-bond acceptors (Lipinski definition) is 8. The fraction of sp³-hybridized carbons (Fsp3) is 0.438. The second kappa shape index (κ2) is 11.4. The normalized spacial score (nSPS) is 11.4. The molecule has 0 fully saturated rings. The van der Waals surface area contributed by atoms with Gasteiger partial charge in [-0.25, -0.2) is 18.1 Å². The van der Waals surface area contributed by atoms with Crippen molar-refractivity contribution < 1.29 is 22.7 Å². The highest BCUT2D eigenvalue weighted by Gasteiger charge is 2.16. The standard InChI is InChI=1S/C16H22ClN5O5S2/c1-11-20-16(22-21-11)28-8-6-18-15(23)10-27-14-4-3-12(9-13(14)17)29(24,25)19-5-7-26-2/h3-4,9,19H,5-8,10H2,1-2H3,(H,18,23)(H,20,21,22). The fourth-order valence-corrected chi connectivity index (χ4v) is 4.08. The number of amides is 1. The number of ether oxygens (including phenoxy) is 2. The topological polar surface area (TPSA) is 135 Å². The van der Waals surface area contributed by atoms with E-state index in [2.05, 4.69) is 25.2 Å². The maximum Gasteiger partial charge on any atom is 0.257 e. The lowest BCUT2D eigenvalue weighted by Gasteiger charge is -2.11. The lowest BCUT2D eigenvalue weighted by molar-refractivity contribution is -0.122. The molecule has 160 valence electrons. The van der Waals surface area contributed by atoms with Gasteiger partial charge in [-0.1, -0.05) is 23.4 Å². The second-order valence-corrected chi connectivity index (χ2v) is 8.91. The summed E-state index contributed by atoms with van der Waals surface area (Å²) in [6.07, 6.45) is 0. The summed E-state index contributed by atoms with van der Waals surface area (Å²) in [4.78, 5) is 16.0. The number of methoxy groups -OCH3 is 1. The summed E-state index contributed by atoms with van der Waals surface area (Å²) in [5.41, 5.74) is 0. The van der Waals surface area contributed by atoms with Crippen molar-refractivity contribution in [3.8, 4) is 5.75 Å². The number of hydrogen-bond donors (Lipinski definition) is 3. The van der Waals surface area contributed by atoms with Crippen LogP contribution >= 0.6 is 23.4 Å². The number of aromatic amines is 1. The highest BCUT2D eigenvalue weighted by atomic mass is 35.5. The first kappa shape index (κ1) is 23.4. The van der Waals surface area contributed by atoms with Gasteiger partial charge in [0.25, 0.3) is 5.91 Å². The Morgan fingerprint density at radius 1 is 1.34 bits per heavy atom. The largest absolute Gasteiger partial charge is 0.482 e. The van der Waals surface area contributed by atoms with Crippen molar-refractivity contribution in [3.05, 3.63) is 29.0 Å². The number of aromatic nitrogens is 3. The molecule has 2 aromatic rings. The summed E-state index contributed by atoms with van der Waals surface area (Å²) in [5, 5.41) is 10.1. The van der Waals surface area contributed by atoms with Gasteiger partial charge in [0.05, 0.1) is 16.5 Å². The summed E-state index contributed by atoms with van der Waals surface area (Å²) in [6.45, 7) is 2.37. The van der Waals surface area contributed by atoms with Gasteiger partial charge in [-0.3, -0.25) is 9.89 Å². The van der Waals surface area contributed by atoms with Gasteiger partial charge in [-0.2, -0.15) is 0 Å². The summed E-state index contributed by atoms with van der Waals surface area (Å²) >= 11 is 7.49.